The first kappa shape index (κ1) is 20.2. The predicted octanol–water partition coefficient (Wildman–Crippen LogP) is 6.04. The summed E-state index contributed by atoms with van der Waals surface area (Å²) in [6, 6.07) is 13.6. The van der Waals surface area contributed by atoms with Crippen LogP contribution in [0.15, 0.2) is 52.9 Å². The van der Waals surface area contributed by atoms with Crippen LogP contribution in [0, 0.1) is 11.3 Å². The third-order valence-electron chi connectivity index (χ3n) is 3.97. The maximum atomic E-state index is 13.5. The molecular formula is C20H15F3N2OS2. The zero-order valence-corrected chi connectivity index (χ0v) is 16.4. The summed E-state index contributed by atoms with van der Waals surface area (Å²) in [7, 11) is 1.58. The predicted molar refractivity (Wildman–Crippen MR) is 105 cm³/mol. The van der Waals surface area contributed by atoms with Crippen LogP contribution in [0.1, 0.15) is 16.7 Å². The molecule has 0 bridgehead atoms. The number of alkyl halides is 3. The Labute approximate surface area is 168 Å². The van der Waals surface area contributed by atoms with Gasteiger partial charge in [0.15, 0.2) is 0 Å². The summed E-state index contributed by atoms with van der Waals surface area (Å²) in [5, 5.41) is 11.2. The van der Waals surface area contributed by atoms with E-state index in [4.69, 9.17) is 4.74 Å². The Kier molecular flexibility index (Phi) is 6.27. The van der Waals surface area contributed by atoms with Crippen molar-refractivity contribution in [2.24, 2.45) is 0 Å². The molecule has 0 N–H and O–H groups in total. The molecule has 0 aliphatic carbocycles. The summed E-state index contributed by atoms with van der Waals surface area (Å²) >= 11 is 2.47. The highest BCUT2D eigenvalue weighted by molar-refractivity contribution is 7.99. The molecule has 144 valence electrons. The van der Waals surface area contributed by atoms with Gasteiger partial charge in [-0.1, -0.05) is 18.2 Å². The Morgan fingerprint density at radius 3 is 2.54 bits per heavy atom. The summed E-state index contributed by atoms with van der Waals surface area (Å²) in [5.74, 6) is 1.24. The lowest BCUT2D eigenvalue weighted by Crippen LogP contribution is -2.10. The standard InChI is InChI=1S/C20H15F3N2OS2/c1-26-14-6-4-13(5-7-14)8-10-28-19-15(12-24)16(20(21,22)23)11-17(25-19)18-3-2-9-27-18/h2-7,9,11H,8,10H2,1H3. The number of aryl methyl sites for hydroxylation is 1. The van der Waals surface area contributed by atoms with E-state index in [0.717, 1.165) is 29.1 Å². The second-order valence-electron chi connectivity index (χ2n) is 5.77. The molecule has 3 rings (SSSR count). The normalized spacial score (nSPS) is 11.2. The van der Waals surface area contributed by atoms with Crippen LogP contribution in [0.2, 0.25) is 0 Å². The molecule has 0 aliphatic heterocycles. The summed E-state index contributed by atoms with van der Waals surface area (Å²) in [4.78, 5) is 4.98. The van der Waals surface area contributed by atoms with Crippen molar-refractivity contribution in [1.82, 2.24) is 4.98 Å². The molecule has 0 aliphatic rings. The van der Waals surface area contributed by atoms with Crippen molar-refractivity contribution in [2.75, 3.05) is 12.9 Å². The fraction of sp³-hybridized carbons (Fsp3) is 0.200. The van der Waals surface area contributed by atoms with E-state index < -0.39 is 17.3 Å². The van der Waals surface area contributed by atoms with Crippen LogP contribution < -0.4 is 4.74 Å². The van der Waals surface area contributed by atoms with Gasteiger partial charge in [-0.25, -0.2) is 4.98 Å². The van der Waals surface area contributed by atoms with Gasteiger partial charge in [0, 0.05) is 5.75 Å². The summed E-state index contributed by atoms with van der Waals surface area (Å²) < 4.78 is 45.6. The van der Waals surface area contributed by atoms with Crippen molar-refractivity contribution in [3.05, 3.63) is 64.5 Å². The van der Waals surface area contributed by atoms with Crippen LogP contribution in [-0.2, 0) is 12.6 Å². The SMILES string of the molecule is COc1ccc(CCSc2nc(-c3cccs3)cc(C(F)(F)F)c2C#N)cc1. The van der Waals surface area contributed by atoms with Gasteiger partial charge in [-0.15, -0.1) is 23.1 Å². The molecule has 28 heavy (non-hydrogen) atoms. The molecule has 0 spiro atoms. The number of rotatable bonds is 6. The average Bonchev–Trinajstić information content (AvgIpc) is 3.22. The maximum absolute atomic E-state index is 13.5. The van der Waals surface area contributed by atoms with E-state index in [2.05, 4.69) is 4.98 Å². The molecular weight excluding hydrogens is 405 g/mol. The van der Waals surface area contributed by atoms with Crippen molar-refractivity contribution >= 4 is 23.1 Å². The van der Waals surface area contributed by atoms with E-state index in [1.807, 2.05) is 24.3 Å². The number of thiophene rings is 1. The number of thioether (sulfide) groups is 1. The minimum absolute atomic E-state index is 0.106. The molecule has 0 radical (unpaired) electrons. The van der Waals surface area contributed by atoms with Crippen molar-refractivity contribution in [1.29, 1.82) is 5.26 Å². The van der Waals surface area contributed by atoms with E-state index in [0.29, 0.717) is 17.1 Å². The highest BCUT2D eigenvalue weighted by atomic mass is 32.2. The number of benzene rings is 1. The number of ether oxygens (including phenoxy) is 1. The van der Waals surface area contributed by atoms with E-state index in [1.165, 1.54) is 11.3 Å². The molecule has 8 heteroatoms. The number of hydrogen-bond donors (Lipinski definition) is 0. The number of pyridine rings is 1. The van der Waals surface area contributed by atoms with Crippen molar-refractivity contribution < 1.29 is 17.9 Å². The molecule has 0 saturated carbocycles. The summed E-state index contributed by atoms with van der Waals surface area (Å²) in [5.41, 5.74) is -0.113. The molecule has 0 amide bonds. The molecule has 3 aromatic rings. The summed E-state index contributed by atoms with van der Waals surface area (Å²) in [6.07, 6.45) is -3.99. The Morgan fingerprint density at radius 1 is 1.21 bits per heavy atom. The van der Waals surface area contributed by atoms with Crippen molar-refractivity contribution in [3.8, 4) is 22.4 Å². The monoisotopic (exact) mass is 420 g/mol. The van der Waals surface area contributed by atoms with Gasteiger partial charge in [0.2, 0.25) is 0 Å². The van der Waals surface area contributed by atoms with E-state index in [1.54, 1.807) is 30.7 Å². The highest BCUT2D eigenvalue weighted by Crippen LogP contribution is 2.38. The smallest absolute Gasteiger partial charge is 0.417 e. The fourth-order valence-electron chi connectivity index (χ4n) is 2.57. The van der Waals surface area contributed by atoms with Crippen LogP contribution in [-0.4, -0.2) is 17.8 Å². The van der Waals surface area contributed by atoms with Gasteiger partial charge in [-0.05, 0) is 41.6 Å². The molecule has 1 aromatic carbocycles. The lowest BCUT2D eigenvalue weighted by Gasteiger charge is -2.13. The van der Waals surface area contributed by atoms with Crippen LogP contribution in [0.25, 0.3) is 10.6 Å². The molecule has 2 aromatic heterocycles. The minimum atomic E-state index is -4.62. The molecule has 0 fully saturated rings. The third-order valence-corrected chi connectivity index (χ3v) is 5.84. The van der Waals surface area contributed by atoms with Gasteiger partial charge in [0.05, 0.1) is 28.8 Å². The molecule has 0 atom stereocenters. The quantitative estimate of drug-likeness (QED) is 0.456. The second-order valence-corrected chi connectivity index (χ2v) is 7.80. The van der Waals surface area contributed by atoms with Crippen LogP contribution in [0.3, 0.4) is 0 Å². The number of nitrogens with zero attached hydrogens (tertiary/aromatic N) is 2. The number of nitriles is 1. The van der Waals surface area contributed by atoms with Gasteiger partial charge in [-0.2, -0.15) is 18.4 Å². The Hall–Kier alpha value is -2.50. The first-order valence-corrected chi connectivity index (χ1v) is 10.1. The van der Waals surface area contributed by atoms with E-state index >= 15 is 0 Å². The lowest BCUT2D eigenvalue weighted by molar-refractivity contribution is -0.138. The number of hydrogen-bond acceptors (Lipinski definition) is 5. The topological polar surface area (TPSA) is 45.9 Å². The zero-order valence-electron chi connectivity index (χ0n) is 14.8. The van der Waals surface area contributed by atoms with Gasteiger partial charge < -0.3 is 4.74 Å². The number of methoxy groups -OCH3 is 1. The second kappa shape index (κ2) is 8.67. The first-order chi connectivity index (χ1) is 13.4. The van der Waals surface area contributed by atoms with Crippen LogP contribution >= 0.6 is 23.1 Å². The largest absolute Gasteiger partial charge is 0.497 e. The van der Waals surface area contributed by atoms with Gasteiger partial charge in [0.25, 0.3) is 0 Å². The highest BCUT2D eigenvalue weighted by Gasteiger charge is 2.36. The van der Waals surface area contributed by atoms with E-state index in [-0.39, 0.29) is 10.7 Å². The fourth-order valence-corrected chi connectivity index (χ4v) is 4.25. The van der Waals surface area contributed by atoms with Crippen LogP contribution in [0.5, 0.6) is 5.75 Å². The molecule has 0 unspecified atom stereocenters. The Bertz CT molecular complexity index is 978. The lowest BCUT2D eigenvalue weighted by atomic mass is 10.1. The van der Waals surface area contributed by atoms with Gasteiger partial charge >= 0.3 is 6.18 Å². The number of halogens is 3. The third kappa shape index (κ3) is 4.66. The Balaban J connectivity index is 1.87. The summed E-state index contributed by atoms with van der Waals surface area (Å²) in [6.45, 7) is 0. The minimum Gasteiger partial charge on any atom is -0.497 e. The Morgan fingerprint density at radius 2 is 1.96 bits per heavy atom. The molecule has 2 heterocycles. The van der Waals surface area contributed by atoms with Crippen molar-refractivity contribution in [3.63, 3.8) is 0 Å². The molecule has 3 nitrogen and oxygen atoms in total. The first-order valence-electron chi connectivity index (χ1n) is 8.24. The van der Waals surface area contributed by atoms with Gasteiger partial charge in [-0.3, -0.25) is 0 Å². The maximum Gasteiger partial charge on any atom is 0.417 e. The average molecular weight is 420 g/mol. The van der Waals surface area contributed by atoms with E-state index in [9.17, 15) is 18.4 Å². The molecule has 0 saturated heterocycles. The number of aromatic nitrogens is 1. The van der Waals surface area contributed by atoms with Crippen LogP contribution in [0.4, 0.5) is 13.2 Å². The van der Waals surface area contributed by atoms with Crippen molar-refractivity contribution in [2.45, 2.75) is 17.6 Å². The van der Waals surface area contributed by atoms with Gasteiger partial charge in [0.1, 0.15) is 16.8 Å². The zero-order chi connectivity index (χ0) is 20.1.